The number of aryl methyl sites for hydroxylation is 1. The van der Waals surface area contributed by atoms with Gasteiger partial charge in [0.2, 0.25) is 5.13 Å². The van der Waals surface area contributed by atoms with E-state index in [-0.39, 0.29) is 5.91 Å². The van der Waals surface area contributed by atoms with Crippen molar-refractivity contribution in [2.45, 2.75) is 13.8 Å². The van der Waals surface area contributed by atoms with E-state index in [4.69, 9.17) is 0 Å². The molecule has 6 heteroatoms. The summed E-state index contributed by atoms with van der Waals surface area (Å²) in [5.41, 5.74) is 1.96. The van der Waals surface area contributed by atoms with E-state index in [2.05, 4.69) is 9.98 Å². The Morgan fingerprint density at radius 2 is 2.09 bits per heavy atom. The van der Waals surface area contributed by atoms with E-state index < -0.39 is 0 Å². The van der Waals surface area contributed by atoms with Crippen molar-refractivity contribution < 1.29 is 4.79 Å². The zero-order valence-corrected chi connectivity index (χ0v) is 13.9. The molecule has 1 aromatic heterocycles. The van der Waals surface area contributed by atoms with Gasteiger partial charge in [-0.05, 0) is 37.2 Å². The van der Waals surface area contributed by atoms with Crippen LogP contribution in [0.1, 0.15) is 18.2 Å². The monoisotopic (exact) mass is 329 g/mol. The van der Waals surface area contributed by atoms with Gasteiger partial charge < -0.3 is 0 Å². The van der Waals surface area contributed by atoms with Crippen molar-refractivity contribution in [2.24, 2.45) is 4.99 Å². The van der Waals surface area contributed by atoms with Gasteiger partial charge in [-0.25, -0.2) is 4.98 Å². The summed E-state index contributed by atoms with van der Waals surface area (Å²) in [5, 5.41) is 3.34. The van der Waals surface area contributed by atoms with E-state index in [1.165, 1.54) is 23.1 Å². The smallest absolute Gasteiger partial charge is 0.266 e. The first-order valence-electron chi connectivity index (χ1n) is 6.94. The standard InChI is InChI=1S/C16H15N3OS2/c1-3-19-14(20)13(9-12-7-5-4-6-8-12)22-16(19)18-15-17-11(2)10-21-15/h4-10H,3H2,1-2H3/b13-9-,18-16+. The average molecular weight is 329 g/mol. The molecule has 0 unspecified atom stereocenters. The quantitative estimate of drug-likeness (QED) is 0.797. The van der Waals surface area contributed by atoms with Gasteiger partial charge in [-0.15, -0.1) is 11.3 Å². The molecule has 0 N–H and O–H groups in total. The van der Waals surface area contributed by atoms with Crippen molar-refractivity contribution >= 4 is 45.4 Å². The molecule has 1 amide bonds. The third kappa shape index (κ3) is 3.13. The maximum Gasteiger partial charge on any atom is 0.266 e. The lowest BCUT2D eigenvalue weighted by molar-refractivity contribution is -0.122. The van der Waals surface area contributed by atoms with Gasteiger partial charge in [-0.3, -0.25) is 9.69 Å². The van der Waals surface area contributed by atoms with Crippen LogP contribution < -0.4 is 0 Å². The van der Waals surface area contributed by atoms with E-state index in [0.29, 0.717) is 21.7 Å². The first kappa shape index (κ1) is 15.0. The molecule has 1 aliphatic heterocycles. The minimum atomic E-state index is 0.00313. The molecule has 0 saturated carbocycles. The number of likely N-dealkylation sites (N-methyl/N-ethyl adjacent to an activating group) is 1. The molecule has 1 aliphatic rings. The van der Waals surface area contributed by atoms with Gasteiger partial charge >= 0.3 is 0 Å². The van der Waals surface area contributed by atoms with Crippen LogP contribution in [0.3, 0.4) is 0 Å². The number of thiazole rings is 1. The molecule has 0 spiro atoms. The van der Waals surface area contributed by atoms with Crippen molar-refractivity contribution in [3.05, 3.63) is 51.9 Å². The van der Waals surface area contributed by atoms with Crippen LogP contribution in [0.5, 0.6) is 0 Å². The lowest BCUT2D eigenvalue weighted by Crippen LogP contribution is -2.28. The molecule has 1 aromatic carbocycles. The number of hydrogen-bond donors (Lipinski definition) is 0. The number of carbonyl (C=O) groups is 1. The van der Waals surface area contributed by atoms with Crippen molar-refractivity contribution in [2.75, 3.05) is 6.54 Å². The number of amidine groups is 1. The van der Waals surface area contributed by atoms with E-state index in [9.17, 15) is 4.79 Å². The molecule has 0 atom stereocenters. The Kier molecular flexibility index (Phi) is 4.40. The molecule has 1 fully saturated rings. The highest BCUT2D eigenvalue weighted by molar-refractivity contribution is 8.18. The zero-order chi connectivity index (χ0) is 15.5. The second-order valence-corrected chi connectivity index (χ2v) is 6.58. The Labute approximate surface area is 137 Å². The highest BCUT2D eigenvalue weighted by Gasteiger charge is 2.32. The third-order valence-electron chi connectivity index (χ3n) is 3.10. The number of amides is 1. The fourth-order valence-electron chi connectivity index (χ4n) is 2.05. The van der Waals surface area contributed by atoms with Crippen LogP contribution in [0.4, 0.5) is 5.13 Å². The maximum atomic E-state index is 12.5. The predicted octanol–water partition coefficient (Wildman–Crippen LogP) is 4.08. The summed E-state index contributed by atoms with van der Waals surface area (Å²) in [5.74, 6) is 0.00313. The first-order valence-corrected chi connectivity index (χ1v) is 8.64. The molecule has 2 heterocycles. The Morgan fingerprint density at radius 3 is 2.73 bits per heavy atom. The first-order chi connectivity index (χ1) is 10.7. The molecule has 4 nitrogen and oxygen atoms in total. The minimum absolute atomic E-state index is 0.00313. The largest absolute Gasteiger partial charge is 0.287 e. The maximum absolute atomic E-state index is 12.5. The summed E-state index contributed by atoms with van der Waals surface area (Å²) < 4.78 is 0. The molecule has 0 bridgehead atoms. The van der Waals surface area contributed by atoms with E-state index >= 15 is 0 Å². The van der Waals surface area contributed by atoms with Crippen molar-refractivity contribution in [1.29, 1.82) is 0 Å². The average Bonchev–Trinajstić information content (AvgIpc) is 3.05. The molecule has 3 rings (SSSR count). The fourth-order valence-corrected chi connectivity index (χ4v) is 3.81. The highest BCUT2D eigenvalue weighted by atomic mass is 32.2. The Morgan fingerprint density at radius 1 is 1.32 bits per heavy atom. The number of benzene rings is 1. The summed E-state index contributed by atoms with van der Waals surface area (Å²) in [6.07, 6.45) is 1.91. The highest BCUT2D eigenvalue weighted by Crippen LogP contribution is 2.34. The number of rotatable bonds is 3. The van der Waals surface area contributed by atoms with Crippen LogP contribution in [0.2, 0.25) is 0 Å². The number of aromatic nitrogens is 1. The summed E-state index contributed by atoms with van der Waals surface area (Å²) in [7, 11) is 0. The van der Waals surface area contributed by atoms with Crippen LogP contribution >= 0.6 is 23.1 Å². The molecular formula is C16H15N3OS2. The van der Waals surface area contributed by atoms with Crippen LogP contribution in [-0.2, 0) is 4.79 Å². The summed E-state index contributed by atoms with van der Waals surface area (Å²) >= 11 is 2.89. The summed E-state index contributed by atoms with van der Waals surface area (Å²) in [6, 6.07) is 9.84. The van der Waals surface area contributed by atoms with E-state index in [1.807, 2.05) is 55.6 Å². The second kappa shape index (κ2) is 6.46. The van der Waals surface area contributed by atoms with Crippen LogP contribution in [0.15, 0.2) is 45.6 Å². The number of nitrogens with zero attached hydrogens (tertiary/aromatic N) is 3. The van der Waals surface area contributed by atoms with Crippen LogP contribution in [0.25, 0.3) is 6.08 Å². The number of thioether (sulfide) groups is 1. The minimum Gasteiger partial charge on any atom is -0.287 e. The lowest BCUT2D eigenvalue weighted by Gasteiger charge is -2.11. The van der Waals surface area contributed by atoms with Gasteiger partial charge in [0, 0.05) is 11.9 Å². The number of hydrogen-bond acceptors (Lipinski definition) is 5. The lowest BCUT2D eigenvalue weighted by atomic mass is 10.2. The van der Waals surface area contributed by atoms with Crippen LogP contribution in [-0.4, -0.2) is 27.5 Å². The second-order valence-electron chi connectivity index (χ2n) is 4.74. The summed E-state index contributed by atoms with van der Waals surface area (Å²) in [6.45, 7) is 4.49. The molecule has 22 heavy (non-hydrogen) atoms. The number of carbonyl (C=O) groups excluding carboxylic acids is 1. The topological polar surface area (TPSA) is 45.6 Å². The van der Waals surface area contributed by atoms with E-state index in [0.717, 1.165) is 11.3 Å². The van der Waals surface area contributed by atoms with Crippen molar-refractivity contribution in [3.63, 3.8) is 0 Å². The SMILES string of the molecule is CCN1C(=O)/C(=C/c2ccccc2)S/C1=N/c1nc(C)cs1. The normalized spacial score (nSPS) is 18.6. The predicted molar refractivity (Wildman–Crippen MR) is 93.3 cm³/mol. The van der Waals surface area contributed by atoms with Crippen LogP contribution in [0, 0.1) is 6.92 Å². The molecular weight excluding hydrogens is 314 g/mol. The number of aliphatic imine (C=N–C) groups is 1. The van der Waals surface area contributed by atoms with Gasteiger partial charge in [0.15, 0.2) is 5.17 Å². The van der Waals surface area contributed by atoms with Crippen molar-refractivity contribution in [3.8, 4) is 0 Å². The zero-order valence-electron chi connectivity index (χ0n) is 12.3. The van der Waals surface area contributed by atoms with Gasteiger partial charge in [-0.2, -0.15) is 4.99 Å². The molecule has 0 radical (unpaired) electrons. The van der Waals surface area contributed by atoms with Gasteiger partial charge in [0.1, 0.15) is 0 Å². The third-order valence-corrected chi connectivity index (χ3v) is 4.96. The molecule has 2 aromatic rings. The van der Waals surface area contributed by atoms with E-state index in [1.54, 1.807) is 4.90 Å². The molecule has 112 valence electrons. The fraction of sp³-hybridized carbons (Fsp3) is 0.188. The Hall–Kier alpha value is -1.92. The van der Waals surface area contributed by atoms with Gasteiger partial charge in [0.25, 0.3) is 5.91 Å². The van der Waals surface area contributed by atoms with Gasteiger partial charge in [0.05, 0.1) is 10.6 Å². The summed E-state index contributed by atoms with van der Waals surface area (Å²) in [4.78, 5) is 23.7. The molecule has 0 aliphatic carbocycles. The molecule has 1 saturated heterocycles. The Balaban J connectivity index is 1.92. The Bertz CT molecular complexity index is 750. The van der Waals surface area contributed by atoms with Gasteiger partial charge in [-0.1, -0.05) is 30.3 Å². The van der Waals surface area contributed by atoms with Crippen molar-refractivity contribution in [1.82, 2.24) is 9.88 Å².